The maximum absolute atomic E-state index is 2.48. The molecule has 2 heteroatoms. The van der Waals surface area contributed by atoms with E-state index >= 15 is 0 Å². The van der Waals surface area contributed by atoms with E-state index in [-0.39, 0.29) is 0 Å². The highest BCUT2D eigenvalue weighted by Gasteiger charge is 2.30. The van der Waals surface area contributed by atoms with Crippen molar-refractivity contribution in [3.05, 3.63) is 42.2 Å². The molecule has 0 radical (unpaired) electrons. The molecule has 102 valence electrons. The van der Waals surface area contributed by atoms with Gasteiger partial charge < -0.3 is 4.57 Å². The molecule has 2 aromatic heterocycles. The second kappa shape index (κ2) is 4.34. The quantitative estimate of drug-likeness (QED) is 0.590. The van der Waals surface area contributed by atoms with Gasteiger partial charge in [0.1, 0.15) is 12.1 Å². The van der Waals surface area contributed by atoms with E-state index in [4.69, 9.17) is 0 Å². The van der Waals surface area contributed by atoms with Crippen LogP contribution in [0.15, 0.2) is 36.5 Å². The molecule has 0 saturated carbocycles. The van der Waals surface area contributed by atoms with Gasteiger partial charge in [-0.2, -0.15) is 0 Å². The molecule has 0 fully saturated rings. The van der Waals surface area contributed by atoms with E-state index in [1.165, 1.54) is 47.6 Å². The molecule has 2 nitrogen and oxygen atoms in total. The Bertz CT molecular complexity index is 798. The van der Waals surface area contributed by atoms with Crippen molar-refractivity contribution in [1.82, 2.24) is 4.57 Å². The molecular weight excluding hydrogens is 244 g/mol. The van der Waals surface area contributed by atoms with E-state index in [1.54, 1.807) is 5.69 Å². The third kappa shape index (κ3) is 1.48. The Hall–Kier alpha value is -1.83. The first-order chi connectivity index (χ1) is 9.81. The smallest absolute Gasteiger partial charge is 0.208 e. The molecule has 4 rings (SSSR count). The SMILES string of the molecule is CCC1CCC[n+]2ccc3c4ccccc4n(C)c3c21. The van der Waals surface area contributed by atoms with Crippen LogP contribution in [0.3, 0.4) is 0 Å². The van der Waals surface area contributed by atoms with Gasteiger partial charge in [-0.25, -0.2) is 4.57 Å². The molecule has 0 spiro atoms. The Morgan fingerprint density at radius 2 is 2.05 bits per heavy atom. The number of aryl methyl sites for hydroxylation is 2. The Morgan fingerprint density at radius 3 is 2.90 bits per heavy atom. The fourth-order valence-corrected chi connectivity index (χ4v) is 3.95. The van der Waals surface area contributed by atoms with Crippen molar-refractivity contribution in [3.63, 3.8) is 0 Å². The highest BCUT2D eigenvalue weighted by molar-refractivity contribution is 6.08. The maximum atomic E-state index is 2.48. The van der Waals surface area contributed by atoms with Gasteiger partial charge in [0, 0.05) is 41.7 Å². The molecule has 0 N–H and O–H groups in total. The molecule has 1 aromatic carbocycles. The maximum Gasteiger partial charge on any atom is 0.208 e. The summed E-state index contributed by atoms with van der Waals surface area (Å²) in [5.41, 5.74) is 4.34. The van der Waals surface area contributed by atoms with Gasteiger partial charge in [-0.3, -0.25) is 0 Å². The lowest BCUT2D eigenvalue weighted by Gasteiger charge is -2.20. The molecule has 0 saturated heterocycles. The predicted molar refractivity (Wildman–Crippen MR) is 82.9 cm³/mol. The van der Waals surface area contributed by atoms with Crippen molar-refractivity contribution in [2.24, 2.45) is 7.05 Å². The number of rotatable bonds is 1. The van der Waals surface area contributed by atoms with Crippen LogP contribution in [0.4, 0.5) is 0 Å². The van der Waals surface area contributed by atoms with Gasteiger partial charge >= 0.3 is 0 Å². The number of fused-ring (bicyclic) bond motifs is 5. The second-order valence-corrected chi connectivity index (χ2v) is 5.98. The molecular formula is C18H21N2+. The largest absolute Gasteiger partial charge is 0.338 e. The summed E-state index contributed by atoms with van der Waals surface area (Å²) in [6.45, 7) is 3.49. The topological polar surface area (TPSA) is 8.81 Å². The van der Waals surface area contributed by atoms with Crippen molar-refractivity contribution < 1.29 is 4.57 Å². The summed E-state index contributed by atoms with van der Waals surface area (Å²) >= 11 is 0. The molecule has 1 aliphatic heterocycles. The molecule has 20 heavy (non-hydrogen) atoms. The monoisotopic (exact) mass is 265 g/mol. The molecule has 1 atom stereocenters. The standard InChI is InChI=1S/C18H21N2/c1-3-13-7-6-11-20-12-10-15-14-8-4-5-9-16(14)19(2)18(15)17(13)20/h4-5,8-10,12-13H,3,6-7,11H2,1-2H3/q+1. The minimum atomic E-state index is 0.704. The molecule has 1 unspecified atom stereocenters. The minimum Gasteiger partial charge on any atom is -0.338 e. The lowest BCUT2D eigenvalue weighted by molar-refractivity contribution is -0.709. The zero-order valence-corrected chi connectivity index (χ0v) is 12.3. The van der Waals surface area contributed by atoms with E-state index in [2.05, 4.69) is 59.6 Å². The Balaban J connectivity index is 2.18. The number of aromatic nitrogens is 2. The summed E-state index contributed by atoms with van der Waals surface area (Å²) in [6, 6.07) is 11.1. The molecule has 1 aliphatic rings. The number of pyridine rings is 1. The van der Waals surface area contributed by atoms with Crippen LogP contribution in [0, 0.1) is 0 Å². The second-order valence-electron chi connectivity index (χ2n) is 5.98. The lowest BCUT2D eigenvalue weighted by Crippen LogP contribution is -2.43. The van der Waals surface area contributed by atoms with Gasteiger partial charge in [-0.1, -0.05) is 25.1 Å². The zero-order valence-electron chi connectivity index (χ0n) is 12.3. The van der Waals surface area contributed by atoms with Gasteiger partial charge in [0.2, 0.25) is 5.69 Å². The first-order valence-corrected chi connectivity index (χ1v) is 7.70. The minimum absolute atomic E-state index is 0.704. The van der Waals surface area contributed by atoms with Gasteiger partial charge in [0.25, 0.3) is 0 Å². The average Bonchev–Trinajstić information content (AvgIpc) is 2.80. The fraction of sp³-hybridized carbons (Fsp3) is 0.389. The van der Waals surface area contributed by atoms with Crippen molar-refractivity contribution in [2.75, 3.05) is 0 Å². The van der Waals surface area contributed by atoms with E-state index in [0.717, 1.165) is 0 Å². The molecule has 0 aliphatic carbocycles. The van der Waals surface area contributed by atoms with Crippen molar-refractivity contribution >= 4 is 21.8 Å². The summed E-state index contributed by atoms with van der Waals surface area (Å²) in [4.78, 5) is 0. The van der Waals surface area contributed by atoms with Crippen LogP contribution >= 0.6 is 0 Å². The van der Waals surface area contributed by atoms with Crippen LogP contribution in [0.25, 0.3) is 21.8 Å². The van der Waals surface area contributed by atoms with Gasteiger partial charge in [-0.05, 0) is 18.9 Å². The molecule has 3 heterocycles. The number of para-hydroxylation sites is 1. The summed E-state index contributed by atoms with van der Waals surface area (Å²) in [7, 11) is 2.22. The van der Waals surface area contributed by atoms with Crippen molar-refractivity contribution in [3.8, 4) is 0 Å². The summed E-state index contributed by atoms with van der Waals surface area (Å²) < 4.78 is 4.88. The lowest BCUT2D eigenvalue weighted by atomic mass is 9.91. The van der Waals surface area contributed by atoms with Crippen LogP contribution in [0.1, 0.15) is 37.8 Å². The highest BCUT2D eigenvalue weighted by Crippen LogP contribution is 2.35. The molecule has 0 bridgehead atoms. The van der Waals surface area contributed by atoms with Crippen LogP contribution in [0.5, 0.6) is 0 Å². The van der Waals surface area contributed by atoms with Gasteiger partial charge in [-0.15, -0.1) is 0 Å². The van der Waals surface area contributed by atoms with Gasteiger partial charge in [0.05, 0.1) is 0 Å². The Labute approximate surface area is 119 Å². The fourth-order valence-electron chi connectivity index (χ4n) is 3.95. The predicted octanol–water partition coefficient (Wildman–Crippen LogP) is 3.91. The van der Waals surface area contributed by atoms with E-state index in [9.17, 15) is 0 Å². The molecule has 3 aromatic rings. The first kappa shape index (κ1) is 12.0. The third-order valence-corrected chi connectivity index (χ3v) is 4.95. The number of benzene rings is 1. The van der Waals surface area contributed by atoms with Crippen molar-refractivity contribution in [1.29, 1.82) is 0 Å². The summed E-state index contributed by atoms with van der Waals surface area (Å²) in [5, 5.41) is 2.79. The van der Waals surface area contributed by atoms with E-state index < -0.39 is 0 Å². The van der Waals surface area contributed by atoms with Crippen LogP contribution < -0.4 is 4.57 Å². The van der Waals surface area contributed by atoms with Crippen molar-refractivity contribution in [2.45, 2.75) is 38.6 Å². The number of hydrogen-bond acceptors (Lipinski definition) is 0. The van der Waals surface area contributed by atoms with Crippen LogP contribution in [-0.2, 0) is 13.6 Å². The summed E-state index contributed by atoms with van der Waals surface area (Å²) in [5.74, 6) is 0.704. The summed E-state index contributed by atoms with van der Waals surface area (Å²) in [6.07, 6.45) is 6.18. The Morgan fingerprint density at radius 1 is 1.20 bits per heavy atom. The first-order valence-electron chi connectivity index (χ1n) is 7.70. The number of nitrogens with zero attached hydrogens (tertiary/aromatic N) is 2. The van der Waals surface area contributed by atoms with E-state index in [0.29, 0.717) is 5.92 Å². The van der Waals surface area contributed by atoms with Crippen LogP contribution in [0.2, 0.25) is 0 Å². The van der Waals surface area contributed by atoms with Gasteiger partial charge in [0.15, 0.2) is 6.20 Å². The normalized spacial score (nSPS) is 18.6. The zero-order chi connectivity index (χ0) is 13.7. The Kier molecular flexibility index (Phi) is 2.59. The molecule has 0 amide bonds. The van der Waals surface area contributed by atoms with Crippen LogP contribution in [-0.4, -0.2) is 4.57 Å². The average molecular weight is 265 g/mol. The number of hydrogen-bond donors (Lipinski definition) is 0. The third-order valence-electron chi connectivity index (χ3n) is 4.95. The van der Waals surface area contributed by atoms with E-state index in [1.807, 2.05) is 0 Å². The highest BCUT2D eigenvalue weighted by atomic mass is 15.0.